The average Bonchev–Trinajstić information content (AvgIpc) is 3.95. The fourth-order valence-corrected chi connectivity index (χ4v) is 9.73. The number of nitrogens with zero attached hydrogens (tertiary/aromatic N) is 4. The number of carbonyl (C=O) groups excluding carboxylic acids is 2. The normalized spacial score (nSPS) is 12.4. The molecule has 0 aliphatic heterocycles. The number of rotatable bonds is 13. The minimum Gasteiger partial charge on any atom is -0.346 e. The number of H-pyrrole nitrogens is 2. The molecule has 0 aliphatic carbocycles. The molecule has 0 atom stereocenters. The van der Waals surface area contributed by atoms with Crippen molar-refractivity contribution in [2.75, 3.05) is 9.44 Å². The second-order valence-electron chi connectivity index (χ2n) is 14.7. The Kier molecular flexibility index (Phi) is 12.1. The first-order valence-electron chi connectivity index (χ1n) is 19.2. The van der Waals surface area contributed by atoms with E-state index < -0.39 is 105 Å². The quantitative estimate of drug-likeness (QED) is 0.0635. The maximum absolute atomic E-state index is 14.8. The van der Waals surface area contributed by atoms with Gasteiger partial charge in [0.1, 0.15) is 22.7 Å². The molecule has 24 heteroatoms. The van der Waals surface area contributed by atoms with Gasteiger partial charge in [-0.05, 0) is 97.6 Å². The Hall–Kier alpha value is -6.88. The summed E-state index contributed by atoms with van der Waals surface area (Å²) >= 11 is 11.8. The summed E-state index contributed by atoms with van der Waals surface area (Å²) in [5, 5.41) is -0.180. The summed E-state index contributed by atoms with van der Waals surface area (Å²) in [6, 6.07) is 12.2. The SMILES string of the molecule is Cc1cc(NS(=O)(=O)c2ccc(Cl)c(C(F)(F)F)c2)c(C(=O)c2ccnc3[nH]ccc23)nc1CCc1ccc(S(=O)(=O)Nc2cc(Cl)cnc2C(=O)c2ccnc3[nH]ccc23)cc1C(F)(F)F. The highest BCUT2D eigenvalue weighted by Gasteiger charge is 2.37. The van der Waals surface area contributed by atoms with Crippen molar-refractivity contribution < 1.29 is 52.8 Å². The largest absolute Gasteiger partial charge is 0.417 e. The molecule has 14 nitrogen and oxygen atoms in total. The van der Waals surface area contributed by atoms with Crippen molar-refractivity contribution in [3.63, 3.8) is 0 Å². The zero-order valence-electron chi connectivity index (χ0n) is 33.8. The van der Waals surface area contributed by atoms with Gasteiger partial charge in [-0.2, -0.15) is 26.3 Å². The Morgan fingerprint density at radius 3 is 1.73 bits per heavy atom. The number of hydrogen-bond donors (Lipinski definition) is 4. The van der Waals surface area contributed by atoms with Gasteiger partial charge in [0.2, 0.25) is 11.6 Å². The van der Waals surface area contributed by atoms with Crippen LogP contribution in [0.1, 0.15) is 60.1 Å². The first-order valence-corrected chi connectivity index (χ1v) is 23.0. The molecule has 0 amide bonds. The van der Waals surface area contributed by atoms with E-state index in [1.807, 2.05) is 0 Å². The van der Waals surface area contributed by atoms with E-state index in [0.29, 0.717) is 28.6 Å². The fraction of sp³-hybridized carbons (Fsp3) is 0.116. The van der Waals surface area contributed by atoms with E-state index in [0.717, 1.165) is 42.6 Å². The molecule has 0 saturated carbocycles. The Labute approximate surface area is 384 Å². The van der Waals surface area contributed by atoms with Crippen molar-refractivity contribution in [1.82, 2.24) is 29.9 Å². The Bertz CT molecular complexity index is 3550. The van der Waals surface area contributed by atoms with Gasteiger partial charge in [0.05, 0.1) is 42.3 Å². The summed E-state index contributed by atoms with van der Waals surface area (Å²) < 4.78 is 144. The summed E-state index contributed by atoms with van der Waals surface area (Å²) in [5.41, 5.74) is -4.17. The third-order valence-corrected chi connectivity index (χ3v) is 13.6. The molecule has 344 valence electrons. The number of hydrogen-bond acceptors (Lipinski definition) is 10. The highest BCUT2D eigenvalue weighted by Crippen LogP contribution is 2.38. The van der Waals surface area contributed by atoms with E-state index in [1.54, 1.807) is 6.07 Å². The van der Waals surface area contributed by atoms with Crippen LogP contribution in [0.4, 0.5) is 37.7 Å². The average molecular weight is 1000 g/mol. The van der Waals surface area contributed by atoms with E-state index in [9.17, 15) is 52.8 Å². The van der Waals surface area contributed by atoms with Crippen molar-refractivity contribution >= 4 is 88.3 Å². The van der Waals surface area contributed by atoms with Crippen molar-refractivity contribution in [2.24, 2.45) is 0 Å². The summed E-state index contributed by atoms with van der Waals surface area (Å²) in [4.78, 5) is 48.6. The van der Waals surface area contributed by atoms with Gasteiger partial charge in [0, 0.05) is 58.6 Å². The van der Waals surface area contributed by atoms with Gasteiger partial charge in [-0.15, -0.1) is 0 Å². The standard InChI is InChI=1S/C43H28Cl2F6N8O6S2/c1-21-16-34(58-67(64,65)25-5-6-32(45)31(19-25)43(49,50)51)37(39(61)27-9-13-53-41-29(27)11-15-55-41)57-33(21)7-3-22-2-4-24(18-30(22)42(46,47)48)66(62,63)59-35-17-23(44)20-56-36(35)38(60)26-8-12-52-40-28(26)10-14-54-40/h2,4-6,8-20,58-59H,3,7H2,1H3,(H,52,54)(H,53,55). The number of alkyl halides is 6. The highest BCUT2D eigenvalue weighted by atomic mass is 35.5. The molecule has 0 bridgehead atoms. The number of ketones is 2. The number of aryl methyl sites for hydroxylation is 3. The maximum Gasteiger partial charge on any atom is 0.417 e. The Morgan fingerprint density at radius 1 is 0.642 bits per heavy atom. The molecule has 0 radical (unpaired) electrons. The monoisotopic (exact) mass is 1000 g/mol. The van der Waals surface area contributed by atoms with Crippen LogP contribution in [0.5, 0.6) is 0 Å². The third-order valence-electron chi connectivity index (χ3n) is 10.4. The smallest absolute Gasteiger partial charge is 0.346 e. The number of halogens is 8. The molecular weight excluding hydrogens is 974 g/mol. The number of benzene rings is 2. The first-order chi connectivity index (χ1) is 31.5. The van der Waals surface area contributed by atoms with E-state index in [4.69, 9.17) is 23.2 Å². The minimum absolute atomic E-state index is 0.0137. The second kappa shape index (κ2) is 17.4. The number of sulfonamides is 2. The molecule has 0 unspecified atom stereocenters. The molecule has 67 heavy (non-hydrogen) atoms. The Balaban J connectivity index is 1.12. The van der Waals surface area contributed by atoms with Crippen LogP contribution in [0.15, 0.2) is 114 Å². The van der Waals surface area contributed by atoms with Gasteiger partial charge < -0.3 is 9.97 Å². The maximum atomic E-state index is 14.8. The van der Waals surface area contributed by atoms with Crippen LogP contribution in [-0.2, 0) is 45.2 Å². The van der Waals surface area contributed by atoms with Gasteiger partial charge >= 0.3 is 12.4 Å². The van der Waals surface area contributed by atoms with E-state index in [1.165, 1.54) is 49.9 Å². The zero-order valence-corrected chi connectivity index (χ0v) is 37.0. The lowest BCUT2D eigenvalue weighted by Crippen LogP contribution is -2.20. The van der Waals surface area contributed by atoms with Crippen LogP contribution in [0.2, 0.25) is 10.0 Å². The molecule has 0 fully saturated rings. The van der Waals surface area contributed by atoms with Crippen LogP contribution in [0.25, 0.3) is 22.1 Å². The molecule has 0 aliphatic rings. The summed E-state index contributed by atoms with van der Waals surface area (Å²) in [5.74, 6) is -1.62. The van der Waals surface area contributed by atoms with Crippen LogP contribution >= 0.6 is 23.2 Å². The van der Waals surface area contributed by atoms with E-state index in [-0.39, 0.29) is 39.5 Å². The minimum atomic E-state index is -5.12. The molecular formula is C43H28Cl2F6N8O6S2. The Morgan fingerprint density at radius 2 is 1.16 bits per heavy atom. The number of fused-ring (bicyclic) bond motifs is 2. The van der Waals surface area contributed by atoms with Crippen LogP contribution in [0.3, 0.4) is 0 Å². The topological polar surface area (TPSA) is 210 Å². The number of pyridine rings is 4. The fourth-order valence-electron chi connectivity index (χ4n) is 7.18. The lowest BCUT2D eigenvalue weighted by Gasteiger charge is -2.18. The van der Waals surface area contributed by atoms with Gasteiger partial charge in [-0.3, -0.25) is 19.0 Å². The van der Waals surface area contributed by atoms with Gasteiger partial charge in [0.25, 0.3) is 20.0 Å². The van der Waals surface area contributed by atoms with Crippen LogP contribution in [0, 0.1) is 6.92 Å². The molecule has 2 aromatic carbocycles. The number of carbonyl (C=O) groups is 2. The van der Waals surface area contributed by atoms with Crippen molar-refractivity contribution in [1.29, 1.82) is 0 Å². The molecule has 6 heterocycles. The number of anilines is 2. The van der Waals surface area contributed by atoms with Crippen LogP contribution in [-0.4, -0.2) is 58.3 Å². The van der Waals surface area contributed by atoms with Crippen molar-refractivity contribution in [2.45, 2.75) is 41.9 Å². The summed E-state index contributed by atoms with van der Waals surface area (Å²) in [6.07, 6.45) is -4.19. The molecule has 0 saturated heterocycles. The van der Waals surface area contributed by atoms with Crippen molar-refractivity contribution in [3.8, 4) is 0 Å². The predicted octanol–water partition coefficient (Wildman–Crippen LogP) is 9.73. The third kappa shape index (κ3) is 9.42. The molecule has 8 aromatic rings. The predicted molar refractivity (Wildman–Crippen MR) is 234 cm³/mol. The van der Waals surface area contributed by atoms with E-state index >= 15 is 0 Å². The first kappa shape index (κ1) is 46.6. The van der Waals surface area contributed by atoms with E-state index in [2.05, 4.69) is 39.3 Å². The number of aromatic nitrogens is 6. The number of aromatic amines is 2. The number of nitrogens with one attached hydrogen (secondary N) is 4. The highest BCUT2D eigenvalue weighted by molar-refractivity contribution is 7.93. The summed E-state index contributed by atoms with van der Waals surface area (Å²) in [6.45, 7) is 1.42. The van der Waals surface area contributed by atoms with Gasteiger partial charge in [-0.25, -0.2) is 36.8 Å². The van der Waals surface area contributed by atoms with Crippen molar-refractivity contribution in [3.05, 3.63) is 164 Å². The molecule has 4 N–H and O–H groups in total. The molecule has 0 spiro atoms. The zero-order chi connectivity index (χ0) is 48.2. The van der Waals surface area contributed by atoms with Crippen LogP contribution < -0.4 is 9.44 Å². The lowest BCUT2D eigenvalue weighted by molar-refractivity contribution is -0.138. The lowest BCUT2D eigenvalue weighted by atomic mass is 9.98. The molecule has 6 aromatic heterocycles. The van der Waals surface area contributed by atoms with Gasteiger partial charge in [-0.1, -0.05) is 29.3 Å². The summed E-state index contributed by atoms with van der Waals surface area (Å²) in [7, 11) is -9.75. The van der Waals surface area contributed by atoms with Gasteiger partial charge in [0.15, 0.2) is 0 Å². The second-order valence-corrected chi connectivity index (χ2v) is 18.9. The molecule has 8 rings (SSSR count).